The van der Waals surface area contributed by atoms with Crippen molar-refractivity contribution in [2.75, 3.05) is 25.6 Å². The Hall–Kier alpha value is -3.35. The van der Waals surface area contributed by atoms with E-state index in [4.69, 9.17) is 9.47 Å². The summed E-state index contributed by atoms with van der Waals surface area (Å²) in [7, 11) is 1.29. The van der Waals surface area contributed by atoms with E-state index in [0.29, 0.717) is 17.0 Å². The first-order valence-electron chi connectivity index (χ1n) is 8.23. The van der Waals surface area contributed by atoms with Gasteiger partial charge >= 0.3 is 11.9 Å². The van der Waals surface area contributed by atoms with Crippen molar-refractivity contribution in [2.24, 2.45) is 0 Å². The predicted octanol–water partition coefficient (Wildman–Crippen LogP) is 2.65. The van der Waals surface area contributed by atoms with Crippen LogP contribution in [0.3, 0.4) is 0 Å². The molecule has 0 fully saturated rings. The van der Waals surface area contributed by atoms with E-state index < -0.39 is 24.5 Å². The number of rotatable bonds is 7. The van der Waals surface area contributed by atoms with Crippen LogP contribution in [0.25, 0.3) is 0 Å². The molecule has 0 saturated heterocycles. The Morgan fingerprint density at radius 3 is 2.33 bits per heavy atom. The van der Waals surface area contributed by atoms with Crippen molar-refractivity contribution in [3.8, 4) is 5.75 Å². The van der Waals surface area contributed by atoms with E-state index >= 15 is 0 Å². The molecule has 0 radical (unpaired) electrons. The molecule has 0 atom stereocenters. The third kappa shape index (κ3) is 6.14. The molecule has 0 saturated carbocycles. The first-order valence-corrected chi connectivity index (χ1v) is 8.23. The van der Waals surface area contributed by atoms with Crippen LogP contribution in [0.4, 0.5) is 5.69 Å². The van der Waals surface area contributed by atoms with Gasteiger partial charge in [-0.3, -0.25) is 4.79 Å². The van der Waals surface area contributed by atoms with Crippen molar-refractivity contribution >= 4 is 23.5 Å². The molecule has 0 heterocycles. The van der Waals surface area contributed by atoms with Crippen molar-refractivity contribution in [3.63, 3.8) is 0 Å². The number of benzene rings is 2. The van der Waals surface area contributed by atoms with Crippen LogP contribution in [-0.2, 0) is 19.1 Å². The Morgan fingerprint density at radius 2 is 1.67 bits per heavy atom. The van der Waals surface area contributed by atoms with Crippen LogP contribution in [0, 0.1) is 13.8 Å². The van der Waals surface area contributed by atoms with Crippen molar-refractivity contribution < 1.29 is 28.6 Å². The summed E-state index contributed by atoms with van der Waals surface area (Å²) in [4.78, 5) is 34.9. The topological polar surface area (TPSA) is 90.9 Å². The fraction of sp³-hybridized carbons (Fsp3) is 0.250. The molecule has 2 rings (SSSR count). The van der Waals surface area contributed by atoms with Gasteiger partial charge in [-0.25, -0.2) is 9.59 Å². The van der Waals surface area contributed by atoms with E-state index in [1.165, 1.54) is 19.2 Å². The quantitative estimate of drug-likeness (QED) is 0.753. The lowest BCUT2D eigenvalue weighted by Crippen LogP contribution is -2.23. The summed E-state index contributed by atoms with van der Waals surface area (Å²) >= 11 is 0. The normalized spacial score (nSPS) is 10.0. The minimum Gasteiger partial charge on any atom is -0.482 e. The Labute approximate surface area is 157 Å². The fourth-order valence-corrected chi connectivity index (χ4v) is 2.19. The van der Waals surface area contributed by atoms with Crippen LogP contribution in [0.1, 0.15) is 21.5 Å². The van der Waals surface area contributed by atoms with Gasteiger partial charge in [0.05, 0.1) is 12.7 Å². The highest BCUT2D eigenvalue weighted by molar-refractivity contribution is 5.94. The van der Waals surface area contributed by atoms with Gasteiger partial charge in [0.15, 0.2) is 13.2 Å². The maximum absolute atomic E-state index is 11.8. The smallest absolute Gasteiger partial charge is 0.344 e. The molecular weight excluding hydrogens is 350 g/mol. The standard InChI is InChI=1S/C20H21NO6/c1-13-4-5-14(2)17(10-13)26-12-19(23)27-11-18(22)21-16-8-6-15(7-9-16)20(24)25-3/h4-10H,11-12H2,1-3H3,(H,21,22). The summed E-state index contributed by atoms with van der Waals surface area (Å²) in [6.07, 6.45) is 0. The maximum atomic E-state index is 11.8. The summed E-state index contributed by atoms with van der Waals surface area (Å²) in [5, 5.41) is 2.56. The highest BCUT2D eigenvalue weighted by Gasteiger charge is 2.11. The Morgan fingerprint density at radius 1 is 0.963 bits per heavy atom. The molecule has 27 heavy (non-hydrogen) atoms. The fourth-order valence-electron chi connectivity index (χ4n) is 2.19. The number of hydrogen-bond donors (Lipinski definition) is 1. The average Bonchev–Trinajstić information content (AvgIpc) is 2.67. The van der Waals surface area contributed by atoms with E-state index in [0.717, 1.165) is 11.1 Å². The molecule has 0 aliphatic rings. The minimum absolute atomic E-state index is 0.286. The zero-order valence-corrected chi connectivity index (χ0v) is 15.4. The van der Waals surface area contributed by atoms with E-state index in [9.17, 15) is 14.4 Å². The Balaban J connectivity index is 1.77. The molecule has 1 N–H and O–H groups in total. The molecular formula is C20H21NO6. The molecule has 0 bridgehead atoms. The van der Waals surface area contributed by atoms with Gasteiger partial charge in [-0.05, 0) is 55.3 Å². The number of anilines is 1. The number of aryl methyl sites for hydroxylation is 2. The summed E-state index contributed by atoms with van der Waals surface area (Å²) in [5.74, 6) is -1.01. The highest BCUT2D eigenvalue weighted by atomic mass is 16.6. The molecule has 0 aliphatic heterocycles. The van der Waals surface area contributed by atoms with Crippen LogP contribution in [0.15, 0.2) is 42.5 Å². The van der Waals surface area contributed by atoms with Crippen LogP contribution in [0.5, 0.6) is 5.75 Å². The second-order valence-electron chi connectivity index (χ2n) is 5.84. The number of ether oxygens (including phenoxy) is 3. The van der Waals surface area contributed by atoms with Crippen LogP contribution in [0.2, 0.25) is 0 Å². The molecule has 1 amide bonds. The molecule has 2 aromatic carbocycles. The summed E-state index contributed by atoms with van der Waals surface area (Å²) in [5.41, 5.74) is 2.75. The number of hydrogen-bond acceptors (Lipinski definition) is 6. The van der Waals surface area contributed by atoms with Gasteiger partial charge in [-0.15, -0.1) is 0 Å². The van der Waals surface area contributed by atoms with Crippen molar-refractivity contribution in [1.29, 1.82) is 0 Å². The molecule has 0 spiro atoms. The average molecular weight is 371 g/mol. The van der Waals surface area contributed by atoms with Gasteiger partial charge < -0.3 is 19.5 Å². The molecule has 0 aromatic heterocycles. The molecule has 7 heteroatoms. The van der Waals surface area contributed by atoms with E-state index in [1.807, 2.05) is 32.0 Å². The van der Waals surface area contributed by atoms with Gasteiger partial charge in [-0.2, -0.15) is 0 Å². The summed E-state index contributed by atoms with van der Waals surface area (Å²) < 4.78 is 14.9. The first-order chi connectivity index (χ1) is 12.9. The number of nitrogens with one attached hydrogen (secondary N) is 1. The molecule has 0 unspecified atom stereocenters. The van der Waals surface area contributed by atoms with Gasteiger partial charge in [-0.1, -0.05) is 12.1 Å². The monoisotopic (exact) mass is 371 g/mol. The van der Waals surface area contributed by atoms with E-state index in [1.54, 1.807) is 12.1 Å². The van der Waals surface area contributed by atoms with Gasteiger partial charge in [0, 0.05) is 5.69 Å². The molecule has 7 nitrogen and oxygen atoms in total. The van der Waals surface area contributed by atoms with Crippen LogP contribution < -0.4 is 10.1 Å². The van der Waals surface area contributed by atoms with Crippen molar-refractivity contribution in [3.05, 3.63) is 59.2 Å². The maximum Gasteiger partial charge on any atom is 0.344 e. The number of methoxy groups -OCH3 is 1. The molecule has 142 valence electrons. The van der Waals surface area contributed by atoms with Gasteiger partial charge in [0.1, 0.15) is 5.75 Å². The van der Waals surface area contributed by atoms with E-state index in [2.05, 4.69) is 10.1 Å². The SMILES string of the molecule is COC(=O)c1ccc(NC(=O)COC(=O)COc2cc(C)ccc2C)cc1. The molecule has 2 aromatic rings. The van der Waals surface area contributed by atoms with Crippen LogP contribution in [-0.4, -0.2) is 38.2 Å². The van der Waals surface area contributed by atoms with Crippen LogP contribution >= 0.6 is 0 Å². The van der Waals surface area contributed by atoms with Gasteiger partial charge in [0.2, 0.25) is 0 Å². The minimum atomic E-state index is -0.646. The zero-order valence-electron chi connectivity index (χ0n) is 15.4. The Bertz CT molecular complexity index is 829. The number of amides is 1. The summed E-state index contributed by atoms with van der Waals surface area (Å²) in [6, 6.07) is 11.8. The number of esters is 2. The number of carbonyl (C=O) groups excluding carboxylic acids is 3. The van der Waals surface area contributed by atoms with Crippen molar-refractivity contribution in [1.82, 2.24) is 0 Å². The third-order valence-corrected chi connectivity index (χ3v) is 3.64. The molecule has 0 aliphatic carbocycles. The highest BCUT2D eigenvalue weighted by Crippen LogP contribution is 2.19. The lowest BCUT2D eigenvalue weighted by molar-refractivity contribution is -0.149. The Kier molecular flexibility index (Phi) is 6.93. The predicted molar refractivity (Wildman–Crippen MR) is 98.8 cm³/mol. The number of carbonyl (C=O) groups is 3. The lowest BCUT2D eigenvalue weighted by atomic mass is 10.1. The first kappa shape index (κ1) is 20.0. The largest absolute Gasteiger partial charge is 0.482 e. The zero-order chi connectivity index (χ0) is 19.8. The second-order valence-corrected chi connectivity index (χ2v) is 5.84. The van der Waals surface area contributed by atoms with Gasteiger partial charge in [0.25, 0.3) is 5.91 Å². The second kappa shape index (κ2) is 9.38. The summed E-state index contributed by atoms with van der Waals surface area (Å²) in [6.45, 7) is 3.07. The van der Waals surface area contributed by atoms with E-state index in [-0.39, 0.29) is 6.61 Å². The third-order valence-electron chi connectivity index (χ3n) is 3.64. The van der Waals surface area contributed by atoms with Crippen molar-refractivity contribution in [2.45, 2.75) is 13.8 Å². The lowest BCUT2D eigenvalue weighted by Gasteiger charge is -2.10.